The molecule has 5 nitrogen and oxygen atoms in total. The van der Waals surface area contributed by atoms with Crippen LogP contribution >= 0.6 is 0 Å². The molecule has 1 aliphatic heterocycles. The van der Waals surface area contributed by atoms with E-state index in [0.29, 0.717) is 19.0 Å². The molecule has 23 heavy (non-hydrogen) atoms. The minimum absolute atomic E-state index is 0.127. The quantitative estimate of drug-likeness (QED) is 0.941. The van der Waals surface area contributed by atoms with Gasteiger partial charge in [0.1, 0.15) is 5.58 Å². The lowest BCUT2D eigenvalue weighted by atomic mass is 9.87. The molecule has 1 N–H and O–H groups in total. The smallest absolute Gasteiger partial charge is 0.287 e. The molecule has 5 heteroatoms. The summed E-state index contributed by atoms with van der Waals surface area (Å²) in [5.74, 6) is 0.121. The molecule has 0 radical (unpaired) electrons. The van der Waals surface area contributed by atoms with Crippen molar-refractivity contribution in [1.82, 2.24) is 5.32 Å². The Kier molecular flexibility index (Phi) is 4.41. The zero-order valence-corrected chi connectivity index (χ0v) is 13.8. The van der Waals surface area contributed by atoms with E-state index in [-0.39, 0.29) is 17.6 Å². The van der Waals surface area contributed by atoms with Crippen molar-refractivity contribution in [3.63, 3.8) is 0 Å². The van der Waals surface area contributed by atoms with Gasteiger partial charge in [-0.3, -0.25) is 4.79 Å². The van der Waals surface area contributed by atoms with Gasteiger partial charge in [0.15, 0.2) is 5.76 Å². The predicted octanol–water partition coefficient (Wildman–Crippen LogP) is 3.06. The third-order valence-electron chi connectivity index (χ3n) is 4.89. The van der Waals surface area contributed by atoms with Crippen molar-refractivity contribution in [3.05, 3.63) is 35.6 Å². The van der Waals surface area contributed by atoms with E-state index >= 15 is 0 Å². The van der Waals surface area contributed by atoms with Crippen LogP contribution in [0.2, 0.25) is 0 Å². The Morgan fingerprint density at radius 2 is 2.09 bits per heavy atom. The summed E-state index contributed by atoms with van der Waals surface area (Å²) in [4.78, 5) is 12.5. The largest absolute Gasteiger partial charge is 0.451 e. The molecule has 2 aromatic rings. The Labute approximate surface area is 135 Å². The summed E-state index contributed by atoms with van der Waals surface area (Å²) < 4.78 is 16.8. The maximum absolute atomic E-state index is 12.5. The lowest BCUT2D eigenvalue weighted by Crippen LogP contribution is -2.54. The van der Waals surface area contributed by atoms with E-state index in [2.05, 4.69) is 5.32 Å². The lowest BCUT2D eigenvalue weighted by Gasteiger charge is -2.40. The highest BCUT2D eigenvalue weighted by Gasteiger charge is 2.39. The minimum atomic E-state index is -0.379. The maximum atomic E-state index is 12.5. The van der Waals surface area contributed by atoms with Crippen LogP contribution in [-0.4, -0.2) is 37.9 Å². The molecule has 2 heterocycles. The summed E-state index contributed by atoms with van der Waals surface area (Å²) in [5.41, 5.74) is 1.45. The molecular formula is C18H23NO4. The van der Waals surface area contributed by atoms with Crippen LogP contribution in [0.4, 0.5) is 0 Å². The van der Waals surface area contributed by atoms with Crippen molar-refractivity contribution < 1.29 is 18.7 Å². The number of fused-ring (bicyclic) bond motifs is 1. The van der Waals surface area contributed by atoms with Crippen molar-refractivity contribution >= 4 is 16.9 Å². The first kappa shape index (κ1) is 16.0. The van der Waals surface area contributed by atoms with Crippen LogP contribution in [0.5, 0.6) is 0 Å². The molecule has 0 saturated carbocycles. The second-order valence-corrected chi connectivity index (χ2v) is 6.17. The number of carbonyl (C=O) groups excluding carboxylic acids is 1. The number of benzene rings is 1. The number of hydrogen-bond donors (Lipinski definition) is 1. The number of nitrogens with one attached hydrogen (secondary N) is 1. The van der Waals surface area contributed by atoms with Crippen molar-refractivity contribution in [3.8, 4) is 0 Å². The van der Waals surface area contributed by atoms with Crippen molar-refractivity contribution in [1.29, 1.82) is 0 Å². The number of aryl methyl sites for hydroxylation is 1. The SMILES string of the molecule is COC1([C@H](C)NC(=O)c2cc3c(C)cccc3o2)CCOCC1. The standard InChI is InChI=1S/C18H23NO4/c1-12-5-4-6-15-14(12)11-16(23-15)17(20)19-13(2)18(21-3)7-9-22-10-8-18/h4-6,11,13H,7-10H2,1-3H3,(H,19,20)/t13-/m0/s1. The van der Waals surface area contributed by atoms with E-state index in [1.807, 2.05) is 32.0 Å². The topological polar surface area (TPSA) is 60.7 Å². The molecule has 0 bridgehead atoms. The average Bonchev–Trinajstić information content (AvgIpc) is 3.01. The zero-order valence-electron chi connectivity index (χ0n) is 13.8. The van der Waals surface area contributed by atoms with Gasteiger partial charge in [0.2, 0.25) is 0 Å². The van der Waals surface area contributed by atoms with E-state index in [0.717, 1.165) is 29.4 Å². The maximum Gasteiger partial charge on any atom is 0.287 e. The van der Waals surface area contributed by atoms with Crippen LogP contribution in [0.1, 0.15) is 35.9 Å². The molecule has 1 saturated heterocycles. The number of rotatable bonds is 4. The number of furan rings is 1. The summed E-state index contributed by atoms with van der Waals surface area (Å²) in [6, 6.07) is 7.48. The molecule has 1 aromatic heterocycles. The van der Waals surface area contributed by atoms with Gasteiger partial charge in [-0.05, 0) is 31.5 Å². The summed E-state index contributed by atoms with van der Waals surface area (Å²) >= 11 is 0. The Hall–Kier alpha value is -1.85. The first-order valence-corrected chi connectivity index (χ1v) is 7.99. The molecule has 0 unspecified atom stereocenters. The van der Waals surface area contributed by atoms with Gasteiger partial charge in [0.25, 0.3) is 5.91 Å². The third kappa shape index (κ3) is 2.99. The fraction of sp³-hybridized carbons (Fsp3) is 0.500. The van der Waals surface area contributed by atoms with Crippen LogP contribution in [0.3, 0.4) is 0 Å². The van der Waals surface area contributed by atoms with Gasteiger partial charge in [0, 0.05) is 38.6 Å². The summed E-state index contributed by atoms with van der Waals surface area (Å²) in [5, 5.41) is 4.00. The highest BCUT2D eigenvalue weighted by atomic mass is 16.5. The van der Waals surface area contributed by atoms with Crippen LogP contribution in [-0.2, 0) is 9.47 Å². The van der Waals surface area contributed by atoms with E-state index in [4.69, 9.17) is 13.9 Å². The fourth-order valence-corrected chi connectivity index (χ4v) is 3.25. The van der Waals surface area contributed by atoms with E-state index in [1.165, 1.54) is 0 Å². The van der Waals surface area contributed by atoms with Gasteiger partial charge in [-0.2, -0.15) is 0 Å². The monoisotopic (exact) mass is 317 g/mol. The predicted molar refractivity (Wildman–Crippen MR) is 87.7 cm³/mol. The van der Waals surface area contributed by atoms with Crippen LogP contribution in [0.15, 0.2) is 28.7 Å². The van der Waals surface area contributed by atoms with Gasteiger partial charge in [-0.25, -0.2) is 0 Å². The van der Waals surface area contributed by atoms with Crippen LogP contribution in [0, 0.1) is 6.92 Å². The Bertz CT molecular complexity index is 700. The zero-order chi connectivity index (χ0) is 16.4. The number of hydrogen-bond acceptors (Lipinski definition) is 4. The normalized spacial score (nSPS) is 18.7. The van der Waals surface area contributed by atoms with E-state index in [9.17, 15) is 4.79 Å². The molecule has 0 spiro atoms. The molecule has 124 valence electrons. The molecular weight excluding hydrogens is 294 g/mol. The molecule has 1 aromatic carbocycles. The Morgan fingerprint density at radius 3 is 2.74 bits per heavy atom. The summed E-state index contributed by atoms with van der Waals surface area (Å²) in [6.45, 7) is 5.28. The lowest BCUT2D eigenvalue weighted by molar-refractivity contribution is -0.105. The molecule has 0 aliphatic carbocycles. The van der Waals surface area contributed by atoms with Crippen molar-refractivity contribution in [2.45, 2.75) is 38.3 Å². The van der Waals surface area contributed by atoms with Gasteiger partial charge in [-0.1, -0.05) is 12.1 Å². The van der Waals surface area contributed by atoms with E-state index < -0.39 is 0 Å². The number of amides is 1. The molecule has 1 aliphatic rings. The first-order valence-electron chi connectivity index (χ1n) is 7.99. The highest BCUT2D eigenvalue weighted by Crippen LogP contribution is 2.29. The molecule has 1 fully saturated rings. The summed E-state index contributed by atoms with van der Waals surface area (Å²) in [7, 11) is 1.69. The summed E-state index contributed by atoms with van der Waals surface area (Å²) in [6.07, 6.45) is 1.54. The number of methoxy groups -OCH3 is 1. The Morgan fingerprint density at radius 1 is 1.35 bits per heavy atom. The van der Waals surface area contributed by atoms with Gasteiger partial charge in [-0.15, -0.1) is 0 Å². The van der Waals surface area contributed by atoms with Crippen LogP contribution in [0.25, 0.3) is 11.0 Å². The van der Waals surface area contributed by atoms with Gasteiger partial charge < -0.3 is 19.2 Å². The van der Waals surface area contributed by atoms with Gasteiger partial charge >= 0.3 is 0 Å². The molecule has 1 amide bonds. The minimum Gasteiger partial charge on any atom is -0.451 e. The van der Waals surface area contributed by atoms with E-state index in [1.54, 1.807) is 13.2 Å². The van der Waals surface area contributed by atoms with Crippen LogP contribution < -0.4 is 5.32 Å². The second-order valence-electron chi connectivity index (χ2n) is 6.17. The third-order valence-corrected chi connectivity index (χ3v) is 4.89. The molecule has 3 rings (SSSR count). The van der Waals surface area contributed by atoms with Crippen molar-refractivity contribution in [2.75, 3.05) is 20.3 Å². The van der Waals surface area contributed by atoms with Crippen molar-refractivity contribution in [2.24, 2.45) is 0 Å². The Balaban J connectivity index is 1.78. The van der Waals surface area contributed by atoms with Gasteiger partial charge in [0.05, 0.1) is 11.6 Å². The fourth-order valence-electron chi connectivity index (χ4n) is 3.25. The average molecular weight is 317 g/mol. The number of ether oxygens (including phenoxy) is 2. The second kappa shape index (κ2) is 6.34. The molecule has 1 atom stereocenters. The number of carbonyl (C=O) groups is 1. The highest BCUT2D eigenvalue weighted by molar-refractivity contribution is 5.97. The first-order chi connectivity index (χ1) is 11.1.